The van der Waals surface area contributed by atoms with Crippen LogP contribution >= 0.6 is 0 Å². The van der Waals surface area contributed by atoms with Crippen LogP contribution in [0.15, 0.2) is 72.9 Å². The normalized spacial score (nSPS) is 10.3. The molecule has 1 heterocycles. The van der Waals surface area contributed by atoms with Gasteiger partial charge in [0.15, 0.2) is 0 Å². The van der Waals surface area contributed by atoms with Gasteiger partial charge in [0, 0.05) is 6.54 Å². The zero-order chi connectivity index (χ0) is 19.6. The summed E-state index contributed by atoms with van der Waals surface area (Å²) in [6, 6.07) is 19.4. The summed E-state index contributed by atoms with van der Waals surface area (Å²) in [6.07, 6.45) is 2.69. The molecule has 2 aromatic carbocycles. The Morgan fingerprint density at radius 2 is 1.79 bits per heavy atom. The molecule has 0 bridgehead atoms. The van der Waals surface area contributed by atoms with Crippen LogP contribution in [0.5, 0.6) is 5.75 Å². The first-order valence-electron chi connectivity index (χ1n) is 9.11. The number of amides is 1. The molecule has 1 aromatic heterocycles. The van der Waals surface area contributed by atoms with Gasteiger partial charge in [0.2, 0.25) is 5.91 Å². The van der Waals surface area contributed by atoms with Crippen LogP contribution in [0.3, 0.4) is 0 Å². The summed E-state index contributed by atoms with van der Waals surface area (Å²) in [7, 11) is 0. The number of halogens is 1. The predicted molar refractivity (Wildman–Crippen MR) is 108 cm³/mol. The standard InChI is InChI=1S/C22H22FN3O2/c23-18-8-6-17(7-9-18)12-14-24-19-10-11-21(25-16-19)26-22(27)13-15-28-20-4-2-1-3-5-20/h1-11,16,24H,12-15H2,(H,25,26,27). The zero-order valence-electron chi connectivity index (χ0n) is 15.4. The minimum Gasteiger partial charge on any atom is -0.493 e. The summed E-state index contributed by atoms with van der Waals surface area (Å²) in [4.78, 5) is 16.2. The zero-order valence-corrected chi connectivity index (χ0v) is 15.4. The molecule has 3 rings (SSSR count). The molecule has 0 atom stereocenters. The smallest absolute Gasteiger partial charge is 0.228 e. The second-order valence-corrected chi connectivity index (χ2v) is 6.20. The molecule has 0 aliphatic carbocycles. The van der Waals surface area contributed by atoms with Gasteiger partial charge < -0.3 is 15.4 Å². The number of anilines is 2. The molecule has 0 aliphatic heterocycles. The van der Waals surface area contributed by atoms with E-state index in [1.807, 2.05) is 36.4 Å². The van der Waals surface area contributed by atoms with Gasteiger partial charge in [0.1, 0.15) is 17.4 Å². The number of nitrogens with zero attached hydrogens (tertiary/aromatic N) is 1. The summed E-state index contributed by atoms with van der Waals surface area (Å²) < 4.78 is 18.4. The van der Waals surface area contributed by atoms with Crippen molar-refractivity contribution in [1.82, 2.24) is 4.98 Å². The number of carbonyl (C=O) groups is 1. The van der Waals surface area contributed by atoms with Crippen molar-refractivity contribution in [2.24, 2.45) is 0 Å². The number of hydrogen-bond donors (Lipinski definition) is 2. The minimum atomic E-state index is -0.231. The van der Waals surface area contributed by atoms with E-state index < -0.39 is 0 Å². The SMILES string of the molecule is O=C(CCOc1ccccc1)Nc1ccc(NCCc2ccc(F)cc2)cn1. The fourth-order valence-corrected chi connectivity index (χ4v) is 2.56. The maximum absolute atomic E-state index is 12.9. The van der Waals surface area contributed by atoms with E-state index in [1.165, 1.54) is 12.1 Å². The third kappa shape index (κ3) is 6.39. The lowest BCUT2D eigenvalue weighted by Gasteiger charge is -2.09. The van der Waals surface area contributed by atoms with Crippen molar-refractivity contribution in [1.29, 1.82) is 0 Å². The topological polar surface area (TPSA) is 63.2 Å². The first kappa shape index (κ1) is 19.4. The molecule has 0 aliphatic rings. The molecule has 0 spiro atoms. The summed E-state index contributed by atoms with van der Waals surface area (Å²) in [5, 5.41) is 6.00. The van der Waals surface area contributed by atoms with E-state index in [2.05, 4.69) is 15.6 Å². The monoisotopic (exact) mass is 379 g/mol. The second kappa shape index (κ2) is 10.1. The molecule has 28 heavy (non-hydrogen) atoms. The number of hydrogen-bond acceptors (Lipinski definition) is 4. The number of rotatable bonds is 9. The van der Waals surface area contributed by atoms with Crippen LogP contribution in [-0.4, -0.2) is 24.0 Å². The minimum absolute atomic E-state index is 0.152. The fraction of sp³-hybridized carbons (Fsp3) is 0.182. The highest BCUT2D eigenvalue weighted by molar-refractivity contribution is 5.89. The van der Waals surface area contributed by atoms with Crippen LogP contribution in [0.2, 0.25) is 0 Å². The Balaban J connectivity index is 1.37. The summed E-state index contributed by atoms with van der Waals surface area (Å²) >= 11 is 0. The van der Waals surface area contributed by atoms with Crippen molar-refractivity contribution in [2.75, 3.05) is 23.8 Å². The summed E-state index contributed by atoms with van der Waals surface area (Å²) in [5.74, 6) is 0.851. The van der Waals surface area contributed by atoms with E-state index in [-0.39, 0.29) is 18.1 Å². The molecular formula is C22H22FN3O2. The van der Waals surface area contributed by atoms with Gasteiger partial charge in [-0.3, -0.25) is 4.79 Å². The number of carbonyl (C=O) groups excluding carboxylic acids is 1. The maximum atomic E-state index is 12.9. The van der Waals surface area contributed by atoms with Gasteiger partial charge in [-0.25, -0.2) is 9.37 Å². The van der Waals surface area contributed by atoms with Crippen molar-refractivity contribution in [3.8, 4) is 5.75 Å². The van der Waals surface area contributed by atoms with Gasteiger partial charge in [-0.05, 0) is 48.4 Å². The summed E-state index contributed by atoms with van der Waals surface area (Å²) in [6.45, 7) is 1.01. The van der Waals surface area contributed by atoms with Crippen molar-refractivity contribution in [2.45, 2.75) is 12.8 Å². The Hall–Kier alpha value is -3.41. The molecule has 0 saturated carbocycles. The highest BCUT2D eigenvalue weighted by Crippen LogP contribution is 2.12. The lowest BCUT2D eigenvalue weighted by Crippen LogP contribution is -2.16. The molecule has 5 nitrogen and oxygen atoms in total. The van der Waals surface area contributed by atoms with Crippen LogP contribution < -0.4 is 15.4 Å². The number of nitrogens with one attached hydrogen (secondary N) is 2. The Morgan fingerprint density at radius 1 is 1.00 bits per heavy atom. The highest BCUT2D eigenvalue weighted by atomic mass is 19.1. The van der Waals surface area contributed by atoms with Gasteiger partial charge in [0.05, 0.1) is 24.9 Å². The van der Waals surface area contributed by atoms with Gasteiger partial charge >= 0.3 is 0 Å². The summed E-state index contributed by atoms with van der Waals surface area (Å²) in [5.41, 5.74) is 1.91. The van der Waals surface area contributed by atoms with Crippen LogP contribution in [-0.2, 0) is 11.2 Å². The van der Waals surface area contributed by atoms with Crippen molar-refractivity contribution in [3.63, 3.8) is 0 Å². The van der Waals surface area contributed by atoms with Crippen LogP contribution in [0, 0.1) is 5.82 Å². The molecule has 3 aromatic rings. The maximum Gasteiger partial charge on any atom is 0.228 e. The van der Waals surface area contributed by atoms with E-state index in [0.717, 1.165) is 23.4 Å². The van der Waals surface area contributed by atoms with E-state index in [1.54, 1.807) is 24.4 Å². The number of aromatic nitrogens is 1. The number of para-hydroxylation sites is 1. The first-order valence-corrected chi connectivity index (χ1v) is 9.11. The second-order valence-electron chi connectivity index (χ2n) is 6.20. The first-order chi connectivity index (χ1) is 13.7. The largest absolute Gasteiger partial charge is 0.493 e. The number of pyridine rings is 1. The molecule has 144 valence electrons. The molecular weight excluding hydrogens is 357 g/mol. The van der Waals surface area contributed by atoms with E-state index >= 15 is 0 Å². The third-order valence-corrected chi connectivity index (χ3v) is 4.03. The Bertz CT molecular complexity index is 869. The highest BCUT2D eigenvalue weighted by Gasteiger charge is 2.04. The van der Waals surface area contributed by atoms with Gasteiger partial charge in [-0.2, -0.15) is 0 Å². The molecule has 0 fully saturated rings. The fourth-order valence-electron chi connectivity index (χ4n) is 2.56. The average molecular weight is 379 g/mol. The van der Waals surface area contributed by atoms with Gasteiger partial charge in [0.25, 0.3) is 0 Å². The van der Waals surface area contributed by atoms with E-state index in [0.29, 0.717) is 19.0 Å². The molecule has 1 amide bonds. The number of ether oxygens (including phenoxy) is 1. The molecule has 2 N–H and O–H groups in total. The molecule has 0 saturated heterocycles. The lowest BCUT2D eigenvalue weighted by atomic mass is 10.1. The van der Waals surface area contributed by atoms with Crippen molar-refractivity contribution in [3.05, 3.63) is 84.3 Å². The molecule has 0 unspecified atom stereocenters. The molecule has 0 radical (unpaired) electrons. The number of benzene rings is 2. The van der Waals surface area contributed by atoms with Crippen LogP contribution in [0.25, 0.3) is 0 Å². The predicted octanol–water partition coefficient (Wildman–Crippen LogP) is 4.28. The average Bonchev–Trinajstić information content (AvgIpc) is 2.72. The van der Waals surface area contributed by atoms with Gasteiger partial charge in [-0.15, -0.1) is 0 Å². The van der Waals surface area contributed by atoms with Gasteiger partial charge in [-0.1, -0.05) is 30.3 Å². The van der Waals surface area contributed by atoms with E-state index in [4.69, 9.17) is 4.74 Å². The quantitative estimate of drug-likeness (QED) is 0.582. The Kier molecular flexibility index (Phi) is 6.95. The van der Waals surface area contributed by atoms with Crippen molar-refractivity contribution >= 4 is 17.4 Å². The lowest BCUT2D eigenvalue weighted by molar-refractivity contribution is -0.116. The van der Waals surface area contributed by atoms with Crippen LogP contribution in [0.4, 0.5) is 15.9 Å². The Labute approximate surface area is 163 Å². The molecule has 6 heteroatoms. The Morgan fingerprint density at radius 3 is 2.50 bits per heavy atom. The van der Waals surface area contributed by atoms with Crippen molar-refractivity contribution < 1.29 is 13.9 Å². The van der Waals surface area contributed by atoms with Crippen LogP contribution in [0.1, 0.15) is 12.0 Å². The van der Waals surface area contributed by atoms with E-state index in [9.17, 15) is 9.18 Å². The third-order valence-electron chi connectivity index (χ3n) is 4.03.